The van der Waals surface area contributed by atoms with Crippen molar-refractivity contribution in [3.05, 3.63) is 83.9 Å². The van der Waals surface area contributed by atoms with Gasteiger partial charge in [-0.15, -0.1) is 0 Å². The van der Waals surface area contributed by atoms with Gasteiger partial charge in [-0.1, -0.05) is 36.4 Å². The first-order valence-corrected chi connectivity index (χ1v) is 12.1. The number of carbonyl (C=O) groups excluding carboxylic acids is 1. The molecule has 1 heterocycles. The van der Waals surface area contributed by atoms with Gasteiger partial charge in [-0.2, -0.15) is 0 Å². The van der Waals surface area contributed by atoms with Gasteiger partial charge in [0.25, 0.3) is 15.9 Å². The van der Waals surface area contributed by atoms with E-state index < -0.39 is 22.0 Å². The number of amides is 1. The molecule has 0 bridgehead atoms. The van der Waals surface area contributed by atoms with Gasteiger partial charge in [-0.3, -0.25) is 9.10 Å². The Morgan fingerprint density at radius 1 is 1.03 bits per heavy atom. The van der Waals surface area contributed by atoms with E-state index in [1.54, 1.807) is 42.5 Å². The van der Waals surface area contributed by atoms with Crippen LogP contribution in [0.2, 0.25) is 0 Å². The van der Waals surface area contributed by atoms with Crippen LogP contribution in [0.3, 0.4) is 0 Å². The highest BCUT2D eigenvalue weighted by molar-refractivity contribution is 7.92. The lowest BCUT2D eigenvalue weighted by molar-refractivity contribution is -0.127. The van der Waals surface area contributed by atoms with E-state index in [1.165, 1.54) is 16.4 Å². The summed E-state index contributed by atoms with van der Waals surface area (Å²) >= 11 is 0. The Morgan fingerprint density at radius 2 is 1.70 bits per heavy atom. The second-order valence-electron chi connectivity index (χ2n) is 7.89. The van der Waals surface area contributed by atoms with Crippen molar-refractivity contribution in [1.82, 2.24) is 5.32 Å². The second kappa shape index (κ2) is 9.54. The first kappa shape index (κ1) is 22.7. The Hall–Kier alpha value is -3.52. The van der Waals surface area contributed by atoms with E-state index in [-0.39, 0.29) is 24.6 Å². The largest absolute Gasteiger partial charge is 0.492 e. The zero-order valence-corrected chi connectivity index (χ0v) is 19.3. The zero-order chi connectivity index (χ0) is 23.4. The molecule has 1 aliphatic heterocycles. The molecule has 1 amide bonds. The van der Waals surface area contributed by atoms with Gasteiger partial charge in [-0.25, -0.2) is 8.42 Å². The van der Waals surface area contributed by atoms with Crippen molar-refractivity contribution in [1.29, 1.82) is 0 Å². The maximum absolute atomic E-state index is 13.3. The minimum absolute atomic E-state index is 0.127. The van der Waals surface area contributed by atoms with E-state index in [2.05, 4.69) is 11.4 Å². The summed E-state index contributed by atoms with van der Waals surface area (Å²) in [6.07, 6.45) is -0.986. The van der Waals surface area contributed by atoms with Gasteiger partial charge in [0.2, 0.25) is 0 Å². The average Bonchev–Trinajstić information content (AvgIpc) is 2.81. The van der Waals surface area contributed by atoms with Crippen molar-refractivity contribution in [3.8, 4) is 11.5 Å². The Bertz CT molecular complexity index is 1220. The molecule has 4 rings (SSSR count). The number of nitrogens with one attached hydrogen (secondary N) is 1. The first-order valence-electron chi connectivity index (χ1n) is 10.7. The summed E-state index contributed by atoms with van der Waals surface area (Å²) in [7, 11) is -3.86. The number of para-hydroxylation sites is 2. The Morgan fingerprint density at radius 3 is 2.42 bits per heavy atom. The van der Waals surface area contributed by atoms with Crippen LogP contribution in [0.5, 0.6) is 11.5 Å². The lowest BCUT2D eigenvalue weighted by atomic mass is 10.1. The van der Waals surface area contributed by atoms with Crippen LogP contribution in [-0.2, 0) is 14.8 Å². The number of aryl methyl sites for hydroxylation is 2. The van der Waals surface area contributed by atoms with Crippen molar-refractivity contribution in [2.24, 2.45) is 0 Å². The summed E-state index contributed by atoms with van der Waals surface area (Å²) in [4.78, 5) is 13.0. The summed E-state index contributed by atoms with van der Waals surface area (Å²) in [6, 6.07) is 20.9. The molecular formula is C25H26N2O5S. The summed E-state index contributed by atoms with van der Waals surface area (Å²) < 4.78 is 39.4. The molecule has 1 N–H and O–H groups in total. The van der Waals surface area contributed by atoms with Crippen LogP contribution in [0, 0.1) is 13.8 Å². The fraction of sp³-hybridized carbons (Fsp3) is 0.240. The van der Waals surface area contributed by atoms with Crippen LogP contribution in [0.25, 0.3) is 0 Å². The number of anilines is 1. The monoisotopic (exact) mass is 466 g/mol. The third-order valence-corrected chi connectivity index (χ3v) is 7.02. The van der Waals surface area contributed by atoms with E-state index in [9.17, 15) is 13.2 Å². The minimum Gasteiger partial charge on any atom is -0.492 e. The third-order valence-electron chi connectivity index (χ3n) is 5.22. The van der Waals surface area contributed by atoms with Gasteiger partial charge in [0, 0.05) is 0 Å². The number of nitrogens with zero attached hydrogens (tertiary/aromatic N) is 1. The maximum atomic E-state index is 13.3. The molecule has 0 saturated heterocycles. The van der Waals surface area contributed by atoms with Gasteiger partial charge < -0.3 is 14.8 Å². The summed E-state index contributed by atoms with van der Waals surface area (Å²) in [5, 5.41) is 2.78. The molecule has 0 aromatic heterocycles. The number of ether oxygens (including phenoxy) is 2. The number of hydrogen-bond acceptors (Lipinski definition) is 5. The Labute approximate surface area is 194 Å². The average molecular weight is 467 g/mol. The highest BCUT2D eigenvalue weighted by Gasteiger charge is 2.37. The highest BCUT2D eigenvalue weighted by Crippen LogP contribution is 2.36. The van der Waals surface area contributed by atoms with Crippen molar-refractivity contribution in [2.45, 2.75) is 24.8 Å². The molecule has 3 aromatic carbocycles. The lowest BCUT2D eigenvalue weighted by Gasteiger charge is -2.34. The summed E-state index contributed by atoms with van der Waals surface area (Å²) in [5.41, 5.74) is 2.61. The third kappa shape index (κ3) is 5.12. The van der Waals surface area contributed by atoms with Crippen molar-refractivity contribution >= 4 is 21.6 Å². The van der Waals surface area contributed by atoms with Crippen LogP contribution >= 0.6 is 0 Å². The van der Waals surface area contributed by atoms with Crippen molar-refractivity contribution in [2.75, 3.05) is 24.0 Å². The zero-order valence-electron chi connectivity index (χ0n) is 18.5. The molecule has 0 saturated carbocycles. The molecule has 1 aliphatic rings. The van der Waals surface area contributed by atoms with Crippen molar-refractivity contribution < 1.29 is 22.7 Å². The molecule has 0 aliphatic carbocycles. The van der Waals surface area contributed by atoms with Gasteiger partial charge >= 0.3 is 0 Å². The number of fused-ring (bicyclic) bond motifs is 1. The number of carbonyl (C=O) groups is 1. The fourth-order valence-electron chi connectivity index (χ4n) is 3.76. The lowest BCUT2D eigenvalue weighted by Crippen LogP contribution is -2.51. The van der Waals surface area contributed by atoms with E-state index in [0.29, 0.717) is 11.4 Å². The quantitative estimate of drug-likeness (QED) is 0.539. The van der Waals surface area contributed by atoms with Gasteiger partial charge in [0.15, 0.2) is 6.10 Å². The van der Waals surface area contributed by atoms with Crippen molar-refractivity contribution in [3.63, 3.8) is 0 Å². The second-order valence-corrected chi connectivity index (χ2v) is 9.75. The molecule has 0 radical (unpaired) electrons. The van der Waals surface area contributed by atoms with Crippen LogP contribution in [0.4, 0.5) is 5.69 Å². The number of rotatable bonds is 7. The van der Waals surface area contributed by atoms with Crippen LogP contribution in [0.1, 0.15) is 11.1 Å². The summed E-state index contributed by atoms with van der Waals surface area (Å²) in [6.45, 7) is 4.41. The van der Waals surface area contributed by atoms with Crippen LogP contribution in [0.15, 0.2) is 77.7 Å². The Kier molecular flexibility index (Phi) is 6.55. The Balaban J connectivity index is 1.44. The smallest absolute Gasteiger partial charge is 0.264 e. The maximum Gasteiger partial charge on any atom is 0.264 e. The molecule has 0 unspecified atom stereocenters. The van der Waals surface area contributed by atoms with Crippen LogP contribution < -0.4 is 19.1 Å². The predicted octanol–water partition coefficient (Wildman–Crippen LogP) is 3.45. The molecule has 0 spiro atoms. The SMILES string of the molecule is Cc1cc(C)cc(OCCNC(=O)[C@H]2CN(S(=O)(=O)c3ccccc3)c3ccccc3O2)c1. The molecule has 3 aromatic rings. The van der Waals surface area contributed by atoms with Crippen LogP contribution in [-0.4, -0.2) is 40.1 Å². The van der Waals surface area contributed by atoms with E-state index >= 15 is 0 Å². The number of benzene rings is 3. The number of hydrogen-bond donors (Lipinski definition) is 1. The standard InChI is InChI=1S/C25H26N2O5S/c1-18-14-19(2)16-20(15-18)31-13-12-26-25(28)24-17-27(22-10-6-7-11-23(22)32-24)33(29,30)21-8-4-3-5-9-21/h3-11,14-16,24H,12-13,17H2,1-2H3,(H,26,28)/t24-/m1/s1. The van der Waals surface area contributed by atoms with Gasteiger partial charge in [0.05, 0.1) is 23.7 Å². The molecule has 7 nitrogen and oxygen atoms in total. The topological polar surface area (TPSA) is 84.9 Å². The molecule has 33 heavy (non-hydrogen) atoms. The molecule has 0 fully saturated rings. The predicted molar refractivity (Wildman–Crippen MR) is 126 cm³/mol. The minimum atomic E-state index is -3.86. The normalized spacial score (nSPS) is 15.3. The van der Waals surface area contributed by atoms with E-state index in [1.807, 2.05) is 26.0 Å². The summed E-state index contributed by atoms with van der Waals surface area (Å²) in [5.74, 6) is 0.682. The fourth-order valence-corrected chi connectivity index (χ4v) is 5.26. The molecule has 1 atom stereocenters. The molecule has 8 heteroatoms. The van der Waals surface area contributed by atoms with Gasteiger partial charge in [0.1, 0.15) is 18.1 Å². The van der Waals surface area contributed by atoms with E-state index in [4.69, 9.17) is 9.47 Å². The molecule has 172 valence electrons. The van der Waals surface area contributed by atoms with E-state index in [0.717, 1.165) is 16.9 Å². The number of sulfonamides is 1. The van der Waals surface area contributed by atoms with Gasteiger partial charge in [-0.05, 0) is 61.4 Å². The highest BCUT2D eigenvalue weighted by atomic mass is 32.2. The first-order chi connectivity index (χ1) is 15.8. The molecular weight excluding hydrogens is 440 g/mol.